The van der Waals surface area contributed by atoms with Gasteiger partial charge in [0, 0.05) is 6.54 Å². The van der Waals surface area contributed by atoms with Gasteiger partial charge in [0.25, 0.3) is 0 Å². The molecule has 0 aromatic carbocycles. The molecule has 2 nitrogen and oxygen atoms in total. The van der Waals surface area contributed by atoms with Gasteiger partial charge < -0.3 is 0 Å². The van der Waals surface area contributed by atoms with E-state index in [1.807, 2.05) is 0 Å². The summed E-state index contributed by atoms with van der Waals surface area (Å²) in [6.45, 7) is 0.932. The molecule has 0 amide bonds. The van der Waals surface area contributed by atoms with Gasteiger partial charge in [0.2, 0.25) is 0 Å². The fraction of sp³-hybridized carbons (Fsp3) is 1.00. The van der Waals surface area contributed by atoms with Crippen LogP contribution >= 0.6 is 0 Å². The molecule has 2 rings (SSSR count). The lowest BCUT2D eigenvalue weighted by molar-refractivity contribution is -0.109. The Morgan fingerprint density at radius 2 is 2.00 bits per heavy atom. The maximum absolute atomic E-state index is 5.31. The Morgan fingerprint density at radius 3 is 2.90 bits per heavy atom. The molecule has 1 heterocycles. The third-order valence-electron chi connectivity index (χ3n) is 2.64. The molecule has 2 heteroatoms. The van der Waals surface area contributed by atoms with Gasteiger partial charge in [-0.2, -0.15) is 0 Å². The van der Waals surface area contributed by atoms with Gasteiger partial charge in [-0.05, 0) is 25.2 Å². The molecule has 1 aliphatic heterocycles. The number of nitrogens with zero attached hydrogens (tertiary/aromatic N) is 1. The second-order valence-electron chi connectivity index (χ2n) is 3.33. The van der Waals surface area contributed by atoms with Crippen molar-refractivity contribution in [1.82, 2.24) is 5.48 Å². The molecule has 2 atom stereocenters. The summed E-state index contributed by atoms with van der Waals surface area (Å²) in [5.74, 6) is 0.839. The van der Waals surface area contributed by atoms with Crippen LogP contribution in [0.2, 0.25) is 0 Å². The van der Waals surface area contributed by atoms with E-state index in [1.165, 1.54) is 32.1 Å². The van der Waals surface area contributed by atoms with Crippen molar-refractivity contribution in [3.05, 3.63) is 0 Å². The summed E-state index contributed by atoms with van der Waals surface area (Å²) >= 11 is 0. The van der Waals surface area contributed by atoms with Gasteiger partial charge in [-0.1, -0.05) is 18.3 Å². The van der Waals surface area contributed by atoms with Crippen molar-refractivity contribution < 1.29 is 4.84 Å². The molecule has 0 aromatic rings. The Balaban J connectivity index is 1.93. The summed E-state index contributed by atoms with van der Waals surface area (Å²) in [7, 11) is 0. The minimum Gasteiger partial charge on any atom is -0.278 e. The smallest absolute Gasteiger partial charge is 0.0839 e. The van der Waals surface area contributed by atoms with Gasteiger partial charge in [-0.15, -0.1) is 0 Å². The molecule has 10 heavy (non-hydrogen) atoms. The fourth-order valence-electron chi connectivity index (χ4n) is 2.01. The summed E-state index contributed by atoms with van der Waals surface area (Å²) in [4.78, 5) is 5.31. The van der Waals surface area contributed by atoms with Crippen molar-refractivity contribution >= 4 is 0 Å². The minimum atomic E-state index is 0.488. The molecule has 57 valence electrons. The molecule has 0 spiro atoms. The second kappa shape index (κ2) is 2.89. The van der Waals surface area contributed by atoms with E-state index < -0.39 is 0 Å². The predicted octanol–water partition coefficient (Wildman–Crippen LogP) is 1.48. The lowest BCUT2D eigenvalue weighted by Crippen LogP contribution is -2.36. The van der Waals surface area contributed by atoms with E-state index in [4.69, 9.17) is 4.84 Å². The topological polar surface area (TPSA) is 23.3 Å². The third kappa shape index (κ3) is 1.18. The predicted molar refractivity (Wildman–Crippen MR) is 38.4 cm³/mol. The van der Waals surface area contributed by atoms with Crippen molar-refractivity contribution in [2.24, 2.45) is 5.92 Å². The first-order valence-corrected chi connectivity index (χ1v) is 4.29. The van der Waals surface area contributed by atoms with Crippen LogP contribution in [0.15, 0.2) is 0 Å². The highest BCUT2D eigenvalue weighted by Gasteiger charge is 2.28. The zero-order valence-corrected chi connectivity index (χ0v) is 6.25. The summed E-state index contributed by atoms with van der Waals surface area (Å²) in [6, 6.07) is 0. The molecule has 0 aromatic heterocycles. The van der Waals surface area contributed by atoms with Crippen LogP contribution < -0.4 is 5.48 Å². The molecular formula is C8H14NO. The Labute approximate surface area is 61.9 Å². The van der Waals surface area contributed by atoms with Gasteiger partial charge in [0.15, 0.2) is 0 Å². The third-order valence-corrected chi connectivity index (χ3v) is 2.64. The molecule has 1 saturated carbocycles. The van der Waals surface area contributed by atoms with E-state index in [0.717, 1.165) is 12.5 Å². The van der Waals surface area contributed by atoms with Crippen molar-refractivity contribution in [3.8, 4) is 0 Å². The van der Waals surface area contributed by atoms with Crippen LogP contribution in [0.5, 0.6) is 0 Å². The molecule has 1 aliphatic carbocycles. The number of hydrogen-bond acceptors (Lipinski definition) is 1. The summed E-state index contributed by atoms with van der Waals surface area (Å²) in [5.41, 5.74) is 3.96. The van der Waals surface area contributed by atoms with Gasteiger partial charge >= 0.3 is 0 Å². The largest absolute Gasteiger partial charge is 0.278 e. The van der Waals surface area contributed by atoms with Crippen molar-refractivity contribution in [3.63, 3.8) is 0 Å². The highest BCUT2D eigenvalue weighted by atomic mass is 16.7. The number of rotatable bonds is 0. The van der Waals surface area contributed by atoms with Crippen LogP contribution in [-0.4, -0.2) is 12.6 Å². The lowest BCUT2D eigenvalue weighted by atomic mass is 9.84. The molecule has 2 unspecified atom stereocenters. The standard InChI is InChI=1S/C8H14NO/c1-2-4-8-7(3-1)5-6-9-10-8/h7-8H,1-6H2. The summed E-state index contributed by atoms with van der Waals surface area (Å²) in [6.07, 6.45) is 7.13. The second-order valence-corrected chi connectivity index (χ2v) is 3.33. The van der Waals surface area contributed by atoms with Gasteiger partial charge in [0.05, 0.1) is 6.10 Å². The fourth-order valence-corrected chi connectivity index (χ4v) is 2.01. The molecule has 2 aliphatic rings. The number of fused-ring (bicyclic) bond motifs is 1. The van der Waals surface area contributed by atoms with Crippen LogP contribution in [0.25, 0.3) is 0 Å². The highest BCUT2D eigenvalue weighted by Crippen LogP contribution is 2.30. The summed E-state index contributed by atoms with van der Waals surface area (Å²) in [5, 5.41) is 0. The van der Waals surface area contributed by atoms with Crippen molar-refractivity contribution in [2.45, 2.75) is 38.2 Å². The van der Waals surface area contributed by atoms with Gasteiger partial charge in [0.1, 0.15) is 0 Å². The Hall–Kier alpha value is -0.0800. The summed E-state index contributed by atoms with van der Waals surface area (Å²) < 4.78 is 0. The van der Waals surface area contributed by atoms with E-state index >= 15 is 0 Å². The van der Waals surface area contributed by atoms with Gasteiger partial charge in [-0.25, -0.2) is 0 Å². The van der Waals surface area contributed by atoms with Gasteiger partial charge in [-0.3, -0.25) is 4.84 Å². The normalized spacial score (nSPS) is 40.8. The zero-order chi connectivity index (χ0) is 6.81. The quantitative estimate of drug-likeness (QED) is 0.500. The Kier molecular flexibility index (Phi) is 1.91. The van der Waals surface area contributed by atoms with Crippen LogP contribution in [0, 0.1) is 5.92 Å². The van der Waals surface area contributed by atoms with Crippen LogP contribution in [0.1, 0.15) is 32.1 Å². The first kappa shape index (κ1) is 6.62. The maximum Gasteiger partial charge on any atom is 0.0839 e. The lowest BCUT2D eigenvalue weighted by Gasteiger charge is -2.33. The van der Waals surface area contributed by atoms with E-state index in [0.29, 0.717) is 6.10 Å². The monoisotopic (exact) mass is 140 g/mol. The molecule has 0 bridgehead atoms. The first-order chi connectivity index (χ1) is 4.97. The molecule has 0 N–H and O–H groups in total. The van der Waals surface area contributed by atoms with Crippen LogP contribution in [0.3, 0.4) is 0 Å². The molecule has 2 fully saturated rings. The number of hydroxylamine groups is 1. The Bertz CT molecular complexity index is 89.8. The van der Waals surface area contributed by atoms with Crippen LogP contribution in [-0.2, 0) is 4.84 Å². The maximum atomic E-state index is 5.31. The Morgan fingerprint density at radius 1 is 1.10 bits per heavy atom. The molecular weight excluding hydrogens is 126 g/mol. The van der Waals surface area contributed by atoms with E-state index in [1.54, 1.807) is 0 Å². The molecule has 1 radical (unpaired) electrons. The van der Waals surface area contributed by atoms with Crippen molar-refractivity contribution in [1.29, 1.82) is 0 Å². The zero-order valence-electron chi connectivity index (χ0n) is 6.25. The van der Waals surface area contributed by atoms with Crippen LogP contribution in [0.4, 0.5) is 0 Å². The van der Waals surface area contributed by atoms with E-state index in [9.17, 15) is 0 Å². The molecule has 1 saturated heterocycles. The minimum absolute atomic E-state index is 0.488. The first-order valence-electron chi connectivity index (χ1n) is 4.29. The number of hydrogen-bond donors (Lipinski definition) is 0. The van der Waals surface area contributed by atoms with E-state index in [-0.39, 0.29) is 0 Å². The average Bonchev–Trinajstić information content (AvgIpc) is 2.05. The highest BCUT2D eigenvalue weighted by molar-refractivity contribution is 4.77. The SMILES string of the molecule is C1CCC2O[N]CCC2C1. The van der Waals surface area contributed by atoms with Crippen molar-refractivity contribution in [2.75, 3.05) is 6.54 Å². The average molecular weight is 140 g/mol. The van der Waals surface area contributed by atoms with E-state index in [2.05, 4.69) is 5.48 Å².